The van der Waals surface area contributed by atoms with E-state index in [4.69, 9.17) is 16.0 Å². The first kappa shape index (κ1) is 20.1. The second-order valence-electron chi connectivity index (χ2n) is 6.47. The summed E-state index contributed by atoms with van der Waals surface area (Å²) in [5.74, 6) is 0.321. The highest BCUT2D eigenvalue weighted by Gasteiger charge is 2.14. The van der Waals surface area contributed by atoms with Crippen molar-refractivity contribution >= 4 is 51.2 Å². The zero-order valence-corrected chi connectivity index (χ0v) is 17.5. The Bertz CT molecular complexity index is 1240. The van der Waals surface area contributed by atoms with Gasteiger partial charge in [0, 0.05) is 25.3 Å². The number of halogens is 1. The van der Waals surface area contributed by atoms with Gasteiger partial charge in [0.25, 0.3) is 5.91 Å². The predicted molar refractivity (Wildman–Crippen MR) is 116 cm³/mol. The van der Waals surface area contributed by atoms with Crippen LogP contribution in [-0.2, 0) is 11.2 Å². The standard InChI is InChI=1S/C19H17ClN6O3S/c1-26(2)30(28)25-12-9-15-18(21-10-12)24-17(23-15)13-8-11(5-6-14(13)20)22-19(27)16-4-3-7-29-16/h3-10,25H,1-2H3,(H,22,27)(H,21,23,24). The Hall–Kier alpha value is -3.21. The number of H-pyrrole nitrogens is 1. The van der Waals surface area contributed by atoms with E-state index in [2.05, 4.69) is 25.0 Å². The van der Waals surface area contributed by atoms with Gasteiger partial charge in [-0.2, -0.15) is 0 Å². The molecule has 0 spiro atoms. The lowest BCUT2D eigenvalue weighted by Crippen LogP contribution is -2.21. The van der Waals surface area contributed by atoms with Crippen molar-refractivity contribution in [2.75, 3.05) is 24.1 Å². The van der Waals surface area contributed by atoms with Crippen molar-refractivity contribution in [1.82, 2.24) is 19.3 Å². The normalized spacial score (nSPS) is 12.3. The van der Waals surface area contributed by atoms with Gasteiger partial charge < -0.3 is 14.7 Å². The number of imidazole rings is 1. The fraction of sp³-hybridized carbons (Fsp3) is 0.105. The number of aromatic nitrogens is 3. The summed E-state index contributed by atoms with van der Waals surface area (Å²) < 4.78 is 21.4. The smallest absolute Gasteiger partial charge is 0.291 e. The van der Waals surface area contributed by atoms with Crippen LogP contribution < -0.4 is 10.0 Å². The van der Waals surface area contributed by atoms with Crippen LogP contribution >= 0.6 is 11.6 Å². The Morgan fingerprint density at radius 2 is 2.07 bits per heavy atom. The molecule has 1 unspecified atom stereocenters. The molecule has 0 aliphatic rings. The first-order valence-corrected chi connectivity index (χ1v) is 10.3. The van der Waals surface area contributed by atoms with Crippen LogP contribution in [0.15, 0.2) is 53.3 Å². The van der Waals surface area contributed by atoms with Gasteiger partial charge in [-0.3, -0.25) is 9.52 Å². The van der Waals surface area contributed by atoms with Crippen molar-refractivity contribution in [2.24, 2.45) is 0 Å². The summed E-state index contributed by atoms with van der Waals surface area (Å²) in [5, 5.41) is 3.22. The van der Waals surface area contributed by atoms with Crippen molar-refractivity contribution in [3.05, 3.63) is 59.6 Å². The van der Waals surface area contributed by atoms with Crippen LogP contribution in [-0.4, -0.2) is 43.5 Å². The van der Waals surface area contributed by atoms with Gasteiger partial charge in [-0.05, 0) is 36.4 Å². The topological polar surface area (TPSA) is 116 Å². The Morgan fingerprint density at radius 3 is 2.80 bits per heavy atom. The maximum absolute atomic E-state index is 12.2. The summed E-state index contributed by atoms with van der Waals surface area (Å²) in [6.07, 6.45) is 2.98. The molecule has 4 rings (SSSR count). The van der Waals surface area contributed by atoms with Gasteiger partial charge in [-0.1, -0.05) is 11.6 Å². The third kappa shape index (κ3) is 4.20. The molecule has 0 saturated heterocycles. The molecule has 30 heavy (non-hydrogen) atoms. The van der Waals surface area contributed by atoms with Gasteiger partial charge in [-0.25, -0.2) is 18.5 Å². The first-order valence-electron chi connectivity index (χ1n) is 8.77. The Balaban J connectivity index is 1.62. The molecule has 9 nitrogen and oxygen atoms in total. The minimum atomic E-state index is -1.38. The summed E-state index contributed by atoms with van der Waals surface area (Å²) in [5.41, 5.74) is 2.83. The number of rotatable bonds is 6. The van der Waals surface area contributed by atoms with Gasteiger partial charge in [-0.15, -0.1) is 0 Å². The van der Waals surface area contributed by atoms with Gasteiger partial charge >= 0.3 is 0 Å². The average molecular weight is 445 g/mol. The molecule has 0 saturated carbocycles. The maximum Gasteiger partial charge on any atom is 0.291 e. The molecule has 154 valence electrons. The molecular formula is C19H17ClN6O3S. The van der Waals surface area contributed by atoms with E-state index in [0.29, 0.717) is 38.9 Å². The van der Waals surface area contributed by atoms with E-state index >= 15 is 0 Å². The molecule has 4 aromatic rings. The fourth-order valence-corrected chi connectivity index (χ4v) is 3.36. The second kappa shape index (κ2) is 8.27. The summed E-state index contributed by atoms with van der Waals surface area (Å²) in [7, 11) is 3.39. The number of fused-ring (bicyclic) bond motifs is 1. The van der Waals surface area contributed by atoms with E-state index in [9.17, 15) is 9.00 Å². The number of aromatic amines is 1. The van der Waals surface area contributed by atoms with Crippen molar-refractivity contribution < 1.29 is 13.4 Å². The zero-order valence-electron chi connectivity index (χ0n) is 16.0. The lowest BCUT2D eigenvalue weighted by molar-refractivity contribution is 0.0996. The molecule has 0 aliphatic heterocycles. The van der Waals surface area contributed by atoms with E-state index < -0.39 is 11.2 Å². The van der Waals surface area contributed by atoms with Crippen LogP contribution in [0.4, 0.5) is 11.4 Å². The predicted octanol–water partition coefficient (Wildman–Crippen LogP) is 3.68. The molecule has 1 aromatic carbocycles. The first-order chi connectivity index (χ1) is 14.4. The molecule has 0 bridgehead atoms. The van der Waals surface area contributed by atoms with Gasteiger partial charge in [0.2, 0.25) is 0 Å². The number of pyridine rings is 1. The Kier molecular flexibility index (Phi) is 5.53. The number of hydrogen-bond acceptors (Lipinski definition) is 5. The van der Waals surface area contributed by atoms with Gasteiger partial charge in [0.05, 0.1) is 28.7 Å². The highest BCUT2D eigenvalue weighted by atomic mass is 35.5. The van der Waals surface area contributed by atoms with E-state index in [-0.39, 0.29) is 11.7 Å². The van der Waals surface area contributed by atoms with Gasteiger partial charge in [0.1, 0.15) is 5.82 Å². The number of carbonyl (C=O) groups is 1. The third-order valence-corrected chi connectivity index (χ3v) is 5.50. The SMILES string of the molecule is CN(C)S(=O)Nc1cnc2nc(-c3cc(NC(=O)c4ccco4)ccc3Cl)[nH]c2c1. The number of furan rings is 1. The summed E-state index contributed by atoms with van der Waals surface area (Å²) in [6.45, 7) is 0. The van der Waals surface area contributed by atoms with Crippen LogP contribution in [0.3, 0.4) is 0 Å². The largest absolute Gasteiger partial charge is 0.459 e. The number of amides is 1. The third-order valence-electron chi connectivity index (χ3n) is 4.10. The van der Waals surface area contributed by atoms with Crippen molar-refractivity contribution in [2.45, 2.75) is 0 Å². The molecule has 3 N–H and O–H groups in total. The maximum atomic E-state index is 12.2. The lowest BCUT2D eigenvalue weighted by Gasteiger charge is -2.10. The van der Waals surface area contributed by atoms with Crippen molar-refractivity contribution in [1.29, 1.82) is 0 Å². The summed E-state index contributed by atoms with van der Waals surface area (Å²) >= 11 is 4.98. The number of nitrogens with one attached hydrogen (secondary N) is 3. The van der Waals surface area contributed by atoms with E-state index in [1.807, 2.05) is 0 Å². The molecule has 0 fully saturated rings. The van der Waals surface area contributed by atoms with Crippen molar-refractivity contribution in [3.63, 3.8) is 0 Å². The van der Waals surface area contributed by atoms with Crippen LogP contribution in [0.1, 0.15) is 10.6 Å². The number of benzene rings is 1. The number of anilines is 2. The highest BCUT2D eigenvalue weighted by molar-refractivity contribution is 7.83. The molecule has 1 atom stereocenters. The fourth-order valence-electron chi connectivity index (χ4n) is 2.66. The summed E-state index contributed by atoms with van der Waals surface area (Å²) in [6, 6.07) is 10.0. The Morgan fingerprint density at radius 1 is 1.23 bits per heavy atom. The monoisotopic (exact) mass is 444 g/mol. The van der Waals surface area contributed by atoms with Crippen LogP contribution in [0.2, 0.25) is 5.02 Å². The summed E-state index contributed by atoms with van der Waals surface area (Å²) in [4.78, 5) is 24.1. The molecule has 1 amide bonds. The highest BCUT2D eigenvalue weighted by Crippen LogP contribution is 2.30. The second-order valence-corrected chi connectivity index (χ2v) is 8.31. The van der Waals surface area contributed by atoms with E-state index in [1.165, 1.54) is 10.6 Å². The quantitative estimate of drug-likeness (QED) is 0.419. The van der Waals surface area contributed by atoms with E-state index in [0.717, 1.165) is 0 Å². The molecule has 11 heteroatoms. The average Bonchev–Trinajstić information content (AvgIpc) is 3.38. The minimum Gasteiger partial charge on any atom is -0.459 e. The molecule has 0 radical (unpaired) electrons. The van der Waals surface area contributed by atoms with Crippen LogP contribution in [0.5, 0.6) is 0 Å². The van der Waals surface area contributed by atoms with E-state index in [1.54, 1.807) is 56.7 Å². The molecular weight excluding hydrogens is 428 g/mol. The number of hydrogen-bond donors (Lipinski definition) is 3. The minimum absolute atomic E-state index is 0.203. The molecule has 3 aromatic heterocycles. The van der Waals surface area contributed by atoms with Crippen LogP contribution in [0.25, 0.3) is 22.6 Å². The Labute approximate surface area is 179 Å². The van der Waals surface area contributed by atoms with Gasteiger partial charge in [0.15, 0.2) is 22.6 Å². The number of nitrogens with zero attached hydrogens (tertiary/aromatic N) is 3. The lowest BCUT2D eigenvalue weighted by atomic mass is 10.2. The zero-order chi connectivity index (χ0) is 21.3. The molecule has 3 heterocycles. The van der Waals surface area contributed by atoms with Crippen LogP contribution in [0, 0.1) is 0 Å². The number of carbonyl (C=O) groups excluding carboxylic acids is 1. The molecule has 0 aliphatic carbocycles. The van der Waals surface area contributed by atoms with Crippen molar-refractivity contribution in [3.8, 4) is 11.4 Å².